The molecular weight excluding hydrogens is 377 g/mol. The van der Waals surface area contributed by atoms with Gasteiger partial charge in [0.25, 0.3) is 11.1 Å². The van der Waals surface area contributed by atoms with Gasteiger partial charge in [-0.3, -0.25) is 14.6 Å². The highest BCUT2D eigenvalue weighted by molar-refractivity contribution is 8.19. The molecule has 0 atom stereocenters. The summed E-state index contributed by atoms with van der Waals surface area (Å²) in [5.41, 5.74) is -0.844. The van der Waals surface area contributed by atoms with Gasteiger partial charge in [0.1, 0.15) is 0 Å². The molecule has 0 unspecified atom stereocenters. The highest BCUT2D eigenvalue weighted by Crippen LogP contribution is 2.40. The van der Waals surface area contributed by atoms with Crippen LogP contribution >= 0.6 is 23.4 Å². The van der Waals surface area contributed by atoms with Crippen molar-refractivity contribution >= 4 is 46.3 Å². The summed E-state index contributed by atoms with van der Waals surface area (Å²) in [6.45, 7) is 0. The number of alkyl halides is 3. The summed E-state index contributed by atoms with van der Waals surface area (Å²) in [6, 6.07) is 7.91. The van der Waals surface area contributed by atoms with E-state index in [0.717, 1.165) is 6.07 Å². The van der Waals surface area contributed by atoms with Gasteiger partial charge in [0.05, 0.1) is 26.9 Å². The van der Waals surface area contributed by atoms with Gasteiger partial charge in [-0.1, -0.05) is 17.7 Å². The van der Waals surface area contributed by atoms with Crippen molar-refractivity contribution in [3.63, 3.8) is 0 Å². The second-order valence-corrected chi connectivity index (χ2v) is 6.33. The number of hydrogen-bond donors (Lipinski definition) is 0. The molecule has 3 rings (SSSR count). The van der Waals surface area contributed by atoms with E-state index in [0.29, 0.717) is 28.4 Å². The number of hydrogen-bond acceptors (Lipinski definition) is 4. The lowest BCUT2D eigenvalue weighted by atomic mass is 10.1. The Kier molecular flexibility index (Phi) is 4.57. The lowest BCUT2D eigenvalue weighted by molar-refractivity contribution is -0.137. The number of anilines is 1. The van der Waals surface area contributed by atoms with Crippen molar-refractivity contribution in [2.45, 2.75) is 6.18 Å². The van der Waals surface area contributed by atoms with Crippen molar-refractivity contribution in [3.05, 3.63) is 63.8 Å². The van der Waals surface area contributed by atoms with Gasteiger partial charge in [-0.2, -0.15) is 13.2 Å². The molecule has 0 N–H and O–H groups in total. The van der Waals surface area contributed by atoms with Crippen LogP contribution < -0.4 is 4.90 Å². The molecular formula is C16H8ClF3N2O2S. The second kappa shape index (κ2) is 6.53. The molecule has 2 heterocycles. The fourth-order valence-corrected chi connectivity index (χ4v) is 3.21. The predicted molar refractivity (Wildman–Crippen MR) is 89.1 cm³/mol. The zero-order chi connectivity index (χ0) is 18.2. The molecule has 9 heteroatoms. The van der Waals surface area contributed by atoms with Crippen molar-refractivity contribution in [3.8, 4) is 0 Å². The number of aromatic nitrogens is 1. The molecule has 1 saturated heterocycles. The lowest BCUT2D eigenvalue weighted by Gasteiger charge is -2.16. The van der Waals surface area contributed by atoms with Crippen LogP contribution in [0.4, 0.5) is 23.7 Å². The number of amides is 2. The van der Waals surface area contributed by atoms with E-state index in [1.165, 1.54) is 18.3 Å². The Balaban J connectivity index is 1.98. The topological polar surface area (TPSA) is 50.3 Å². The van der Waals surface area contributed by atoms with Gasteiger partial charge in [-0.15, -0.1) is 0 Å². The third-order valence-corrected chi connectivity index (χ3v) is 4.47. The first-order valence-electron chi connectivity index (χ1n) is 6.83. The average molecular weight is 385 g/mol. The van der Waals surface area contributed by atoms with Gasteiger partial charge >= 0.3 is 6.18 Å². The van der Waals surface area contributed by atoms with E-state index in [4.69, 9.17) is 11.6 Å². The van der Waals surface area contributed by atoms with Crippen LogP contribution in [0.5, 0.6) is 0 Å². The van der Waals surface area contributed by atoms with Gasteiger partial charge in [-0.05, 0) is 48.2 Å². The van der Waals surface area contributed by atoms with Crippen LogP contribution in [0.15, 0.2) is 47.5 Å². The number of carbonyl (C=O) groups is 2. The summed E-state index contributed by atoms with van der Waals surface area (Å²) in [7, 11) is 0. The zero-order valence-corrected chi connectivity index (χ0v) is 13.8. The lowest BCUT2D eigenvalue weighted by Crippen LogP contribution is -2.28. The largest absolute Gasteiger partial charge is 0.417 e. The summed E-state index contributed by atoms with van der Waals surface area (Å²) in [5, 5.41) is -1.20. The van der Waals surface area contributed by atoms with Gasteiger partial charge in [-0.25, -0.2) is 4.90 Å². The number of pyridine rings is 1. The van der Waals surface area contributed by atoms with Crippen molar-refractivity contribution in [1.82, 2.24) is 4.98 Å². The number of benzene rings is 1. The summed E-state index contributed by atoms with van der Waals surface area (Å²) in [5.74, 6) is -0.712. The van der Waals surface area contributed by atoms with E-state index in [2.05, 4.69) is 4.98 Å². The Hall–Kier alpha value is -2.32. The summed E-state index contributed by atoms with van der Waals surface area (Å²) < 4.78 is 38.9. The van der Waals surface area contributed by atoms with Crippen LogP contribution in [0.3, 0.4) is 0 Å². The number of halogens is 4. The van der Waals surface area contributed by atoms with Gasteiger partial charge in [0.15, 0.2) is 0 Å². The van der Waals surface area contributed by atoms with Crippen LogP contribution in [0.25, 0.3) is 6.08 Å². The molecule has 0 radical (unpaired) electrons. The maximum Gasteiger partial charge on any atom is 0.417 e. The van der Waals surface area contributed by atoms with Gasteiger partial charge < -0.3 is 0 Å². The minimum atomic E-state index is -4.70. The van der Waals surface area contributed by atoms with Crippen LogP contribution in [0, 0.1) is 0 Å². The highest BCUT2D eigenvalue weighted by Gasteiger charge is 2.39. The molecule has 4 nitrogen and oxygen atoms in total. The molecule has 25 heavy (non-hydrogen) atoms. The maximum absolute atomic E-state index is 13.0. The fraction of sp³-hybridized carbons (Fsp3) is 0.0625. The van der Waals surface area contributed by atoms with E-state index in [-0.39, 0.29) is 10.6 Å². The quantitative estimate of drug-likeness (QED) is 0.684. The molecule has 2 aromatic rings. The Morgan fingerprint density at radius 2 is 1.92 bits per heavy atom. The predicted octanol–water partition coefficient (Wildman–Crippen LogP) is 4.99. The SMILES string of the molecule is O=C1S/C(=C\c2ccccn2)C(=O)N1c1ccc(Cl)c(C(F)(F)F)c1. The Morgan fingerprint density at radius 3 is 2.56 bits per heavy atom. The van der Waals surface area contributed by atoms with Crippen LogP contribution in [0.1, 0.15) is 11.3 Å². The highest BCUT2D eigenvalue weighted by atomic mass is 35.5. The van der Waals surface area contributed by atoms with E-state index in [9.17, 15) is 22.8 Å². The third-order valence-electron chi connectivity index (χ3n) is 3.27. The monoisotopic (exact) mass is 384 g/mol. The first kappa shape index (κ1) is 17.5. The van der Waals surface area contributed by atoms with Crippen molar-refractivity contribution in [2.75, 3.05) is 4.90 Å². The summed E-state index contributed by atoms with van der Waals surface area (Å²) >= 11 is 6.20. The third kappa shape index (κ3) is 3.54. The minimum Gasteiger partial charge on any atom is -0.268 e. The first-order valence-corrected chi connectivity index (χ1v) is 8.02. The molecule has 1 aromatic carbocycles. The summed E-state index contributed by atoms with van der Waals surface area (Å²) in [6.07, 6.45) is -1.77. The Labute approximate surface area is 149 Å². The molecule has 2 amide bonds. The van der Waals surface area contributed by atoms with Crippen molar-refractivity contribution in [2.24, 2.45) is 0 Å². The van der Waals surface area contributed by atoms with Crippen LogP contribution in [-0.4, -0.2) is 16.1 Å². The molecule has 0 spiro atoms. The van der Waals surface area contributed by atoms with Crippen LogP contribution in [-0.2, 0) is 11.0 Å². The molecule has 0 bridgehead atoms. The van der Waals surface area contributed by atoms with E-state index in [1.807, 2.05) is 0 Å². The molecule has 128 valence electrons. The minimum absolute atomic E-state index is 0.0761. The number of rotatable bonds is 2. The maximum atomic E-state index is 13.0. The number of thioether (sulfide) groups is 1. The van der Waals surface area contributed by atoms with Crippen LogP contribution in [0.2, 0.25) is 5.02 Å². The molecule has 1 aromatic heterocycles. The Morgan fingerprint density at radius 1 is 1.16 bits per heavy atom. The number of carbonyl (C=O) groups excluding carboxylic acids is 2. The summed E-state index contributed by atoms with van der Waals surface area (Å²) in [4.78, 5) is 29.3. The van der Waals surface area contributed by atoms with Gasteiger partial charge in [0, 0.05) is 6.20 Å². The molecule has 0 saturated carbocycles. The van der Waals surface area contributed by atoms with Crippen molar-refractivity contribution < 1.29 is 22.8 Å². The number of nitrogens with zero attached hydrogens (tertiary/aromatic N) is 2. The van der Waals surface area contributed by atoms with E-state index < -0.39 is 27.9 Å². The molecule has 1 fully saturated rings. The number of imide groups is 1. The van der Waals surface area contributed by atoms with Crippen molar-refractivity contribution in [1.29, 1.82) is 0 Å². The molecule has 1 aliphatic rings. The van der Waals surface area contributed by atoms with E-state index >= 15 is 0 Å². The zero-order valence-electron chi connectivity index (χ0n) is 12.2. The second-order valence-electron chi connectivity index (χ2n) is 4.93. The normalized spacial score (nSPS) is 16.8. The smallest absolute Gasteiger partial charge is 0.268 e. The van der Waals surface area contributed by atoms with Gasteiger partial charge in [0.2, 0.25) is 0 Å². The standard InChI is InChI=1S/C16H8ClF3N2O2S/c17-12-5-4-10(8-11(12)16(18,19)20)22-14(23)13(25-15(22)24)7-9-3-1-2-6-21-9/h1-8H/b13-7-. The molecule has 0 aliphatic carbocycles. The average Bonchev–Trinajstić information content (AvgIpc) is 2.82. The van der Waals surface area contributed by atoms with E-state index in [1.54, 1.807) is 18.2 Å². The molecule has 1 aliphatic heterocycles. The fourth-order valence-electron chi connectivity index (χ4n) is 2.16. The Bertz CT molecular complexity index is 885. The first-order chi connectivity index (χ1) is 11.8.